The number of nitrogens with one attached hydrogen (secondary N) is 1. The number of carboxylic acids is 1. The van der Waals surface area contributed by atoms with E-state index in [1.807, 2.05) is 13.8 Å². The quantitative estimate of drug-likeness (QED) is 0.725. The summed E-state index contributed by atoms with van der Waals surface area (Å²) in [5, 5.41) is 14.6. The minimum atomic E-state index is -1.09. The summed E-state index contributed by atoms with van der Waals surface area (Å²) in [7, 11) is 0. The van der Waals surface area contributed by atoms with Crippen molar-refractivity contribution in [3.05, 3.63) is 33.8 Å². The largest absolute Gasteiger partial charge is 0.478 e. The average molecular weight is 208 g/mol. The molecule has 1 rings (SSSR count). The summed E-state index contributed by atoms with van der Waals surface area (Å²) in [6, 6.07) is 1.59. The normalized spacial score (nSPS) is 11.1. The molecule has 0 bridgehead atoms. The first-order chi connectivity index (χ1) is 7.00. The van der Waals surface area contributed by atoms with E-state index in [0.29, 0.717) is 5.56 Å². The van der Waals surface area contributed by atoms with Gasteiger partial charge in [-0.15, -0.1) is 0 Å². The lowest BCUT2D eigenvalue weighted by Gasteiger charge is -2.03. The fraction of sp³-hybridized carbons (Fsp3) is 0.300. The lowest BCUT2D eigenvalue weighted by atomic mass is 10.1. The maximum absolute atomic E-state index is 11.2. The van der Waals surface area contributed by atoms with E-state index in [2.05, 4.69) is 10.2 Å². The highest BCUT2D eigenvalue weighted by atomic mass is 16.4. The zero-order chi connectivity index (χ0) is 11.4. The first-order valence-corrected chi connectivity index (χ1v) is 4.51. The second-order valence-corrected chi connectivity index (χ2v) is 3.40. The van der Waals surface area contributed by atoms with Crippen LogP contribution in [0.5, 0.6) is 0 Å². The van der Waals surface area contributed by atoms with E-state index in [9.17, 15) is 9.59 Å². The lowest BCUT2D eigenvalue weighted by Crippen LogP contribution is -2.13. The summed E-state index contributed by atoms with van der Waals surface area (Å²) in [6.45, 7) is 3.87. The Hall–Kier alpha value is -1.91. The molecule has 0 amide bonds. The molecule has 1 heterocycles. The van der Waals surface area contributed by atoms with Gasteiger partial charge in [-0.05, 0) is 18.1 Å². The van der Waals surface area contributed by atoms with E-state index in [0.717, 1.165) is 11.8 Å². The highest BCUT2D eigenvalue weighted by Crippen LogP contribution is 2.10. The second-order valence-electron chi connectivity index (χ2n) is 3.40. The van der Waals surface area contributed by atoms with E-state index in [1.54, 1.807) is 6.07 Å². The van der Waals surface area contributed by atoms with Crippen molar-refractivity contribution in [1.82, 2.24) is 10.2 Å². The molecule has 0 aromatic carbocycles. The van der Waals surface area contributed by atoms with Crippen molar-refractivity contribution in [2.75, 3.05) is 0 Å². The molecule has 0 saturated heterocycles. The molecular weight excluding hydrogens is 196 g/mol. The summed E-state index contributed by atoms with van der Waals surface area (Å²) in [4.78, 5) is 21.5. The van der Waals surface area contributed by atoms with Crippen molar-refractivity contribution in [3.63, 3.8) is 0 Å². The molecule has 0 fully saturated rings. The number of nitrogens with zero attached hydrogens (tertiary/aromatic N) is 1. The van der Waals surface area contributed by atoms with Crippen molar-refractivity contribution >= 4 is 12.0 Å². The summed E-state index contributed by atoms with van der Waals surface area (Å²) in [6.07, 6.45) is 2.18. The molecule has 0 atom stereocenters. The maximum atomic E-state index is 11.2. The predicted octanol–water partition coefficient (Wildman–Crippen LogP) is 0.991. The predicted molar refractivity (Wildman–Crippen MR) is 55.6 cm³/mol. The van der Waals surface area contributed by atoms with Gasteiger partial charge in [-0.3, -0.25) is 4.79 Å². The van der Waals surface area contributed by atoms with E-state index >= 15 is 0 Å². The zero-order valence-corrected chi connectivity index (χ0v) is 8.52. The van der Waals surface area contributed by atoms with Crippen molar-refractivity contribution in [2.45, 2.75) is 19.8 Å². The molecule has 0 radical (unpaired) electrons. The van der Waals surface area contributed by atoms with Crippen LogP contribution in [0, 0.1) is 0 Å². The number of hydrogen-bond donors (Lipinski definition) is 2. The molecule has 0 aliphatic rings. The van der Waals surface area contributed by atoms with Crippen LogP contribution >= 0.6 is 0 Å². The van der Waals surface area contributed by atoms with Crippen LogP contribution in [0.4, 0.5) is 0 Å². The number of H-pyrrole nitrogens is 1. The third kappa shape index (κ3) is 3.05. The Labute approximate surface area is 86.5 Å². The highest BCUT2D eigenvalue weighted by Gasteiger charge is 2.04. The molecule has 0 aliphatic carbocycles. The molecule has 15 heavy (non-hydrogen) atoms. The van der Waals surface area contributed by atoms with Gasteiger partial charge in [-0.1, -0.05) is 13.8 Å². The van der Waals surface area contributed by atoms with Gasteiger partial charge in [0.1, 0.15) is 0 Å². The van der Waals surface area contributed by atoms with Gasteiger partial charge in [-0.25, -0.2) is 9.89 Å². The van der Waals surface area contributed by atoms with Gasteiger partial charge in [-0.2, -0.15) is 5.10 Å². The Morgan fingerprint density at radius 3 is 2.80 bits per heavy atom. The van der Waals surface area contributed by atoms with Crippen molar-refractivity contribution in [1.29, 1.82) is 0 Å². The van der Waals surface area contributed by atoms with Crippen LogP contribution < -0.4 is 5.56 Å². The highest BCUT2D eigenvalue weighted by molar-refractivity contribution is 5.85. The minimum Gasteiger partial charge on any atom is -0.478 e. The van der Waals surface area contributed by atoms with Crippen molar-refractivity contribution in [3.8, 4) is 0 Å². The van der Waals surface area contributed by atoms with Crippen LogP contribution in [0.1, 0.15) is 31.0 Å². The van der Waals surface area contributed by atoms with Crippen LogP contribution in [0.3, 0.4) is 0 Å². The van der Waals surface area contributed by atoms with Crippen LogP contribution in [0.2, 0.25) is 0 Å². The number of aromatic nitrogens is 2. The third-order valence-corrected chi connectivity index (χ3v) is 1.85. The first kappa shape index (κ1) is 11.2. The molecule has 1 aromatic heterocycles. The summed E-state index contributed by atoms with van der Waals surface area (Å²) >= 11 is 0. The van der Waals surface area contributed by atoms with E-state index in [-0.39, 0.29) is 5.92 Å². The second kappa shape index (κ2) is 4.54. The number of aliphatic carboxylic acids is 1. The fourth-order valence-electron chi connectivity index (χ4n) is 1.02. The molecule has 1 aromatic rings. The fourth-order valence-corrected chi connectivity index (χ4v) is 1.02. The molecule has 0 unspecified atom stereocenters. The molecule has 0 saturated carbocycles. The van der Waals surface area contributed by atoms with Gasteiger partial charge in [0.2, 0.25) is 0 Å². The third-order valence-electron chi connectivity index (χ3n) is 1.85. The average Bonchev–Trinajstić information content (AvgIpc) is 2.16. The molecule has 5 nitrogen and oxygen atoms in total. The van der Waals surface area contributed by atoms with Crippen LogP contribution in [-0.2, 0) is 4.79 Å². The standard InChI is InChI=1S/C10H12N2O3/c1-6(2)8-5-7(3-4-9(13)14)10(15)12-11-8/h3-6H,1-2H3,(H,12,15)(H,13,14)/b4-3+. The van der Waals surface area contributed by atoms with Gasteiger partial charge in [0.25, 0.3) is 5.56 Å². The zero-order valence-electron chi connectivity index (χ0n) is 8.52. The van der Waals surface area contributed by atoms with Gasteiger partial charge in [0, 0.05) is 11.6 Å². The molecule has 0 aliphatic heterocycles. The van der Waals surface area contributed by atoms with E-state index in [1.165, 1.54) is 6.08 Å². The number of hydrogen-bond acceptors (Lipinski definition) is 3. The van der Waals surface area contributed by atoms with E-state index in [4.69, 9.17) is 5.11 Å². The smallest absolute Gasteiger partial charge is 0.328 e. The monoisotopic (exact) mass is 208 g/mol. The Balaban J connectivity index is 3.11. The summed E-state index contributed by atoms with van der Waals surface area (Å²) in [5.41, 5.74) is 0.632. The molecular formula is C10H12N2O3. The number of carboxylic acid groups (broad SMARTS) is 1. The lowest BCUT2D eigenvalue weighted by molar-refractivity contribution is -0.131. The SMILES string of the molecule is CC(C)c1cc(/C=C/C(=O)O)c(=O)[nH]n1. The molecule has 0 spiro atoms. The van der Waals surface area contributed by atoms with Gasteiger partial charge < -0.3 is 5.11 Å². The van der Waals surface area contributed by atoms with Crippen LogP contribution in [-0.4, -0.2) is 21.3 Å². The minimum absolute atomic E-state index is 0.179. The molecule has 5 heteroatoms. The maximum Gasteiger partial charge on any atom is 0.328 e. The Morgan fingerprint density at radius 2 is 2.27 bits per heavy atom. The summed E-state index contributed by atoms with van der Waals surface area (Å²) in [5.74, 6) is -0.906. The molecule has 2 N–H and O–H groups in total. The first-order valence-electron chi connectivity index (χ1n) is 4.51. The Kier molecular flexibility index (Phi) is 3.38. The van der Waals surface area contributed by atoms with Gasteiger partial charge in [0.15, 0.2) is 0 Å². The van der Waals surface area contributed by atoms with Crippen molar-refractivity contribution in [2.24, 2.45) is 0 Å². The Bertz CT molecular complexity index is 446. The number of aromatic amines is 1. The van der Waals surface area contributed by atoms with Gasteiger partial charge >= 0.3 is 5.97 Å². The number of carbonyl (C=O) groups is 1. The van der Waals surface area contributed by atoms with Crippen LogP contribution in [0.15, 0.2) is 16.9 Å². The summed E-state index contributed by atoms with van der Waals surface area (Å²) < 4.78 is 0. The number of rotatable bonds is 3. The topological polar surface area (TPSA) is 83.0 Å². The Morgan fingerprint density at radius 1 is 1.60 bits per heavy atom. The van der Waals surface area contributed by atoms with E-state index < -0.39 is 11.5 Å². The van der Waals surface area contributed by atoms with Gasteiger partial charge in [0.05, 0.1) is 5.69 Å². The van der Waals surface area contributed by atoms with Crippen LogP contribution in [0.25, 0.3) is 6.08 Å². The van der Waals surface area contributed by atoms with Crippen molar-refractivity contribution < 1.29 is 9.90 Å². The molecule has 80 valence electrons.